The monoisotopic (exact) mass is 566 g/mol. The van der Waals surface area contributed by atoms with Crippen molar-refractivity contribution < 1.29 is 35.5 Å². The third-order valence-corrected chi connectivity index (χ3v) is 7.14. The van der Waals surface area contributed by atoms with Gasteiger partial charge in [-0.3, -0.25) is 4.79 Å². The third-order valence-electron chi connectivity index (χ3n) is 7.14. The Morgan fingerprint density at radius 2 is 1.82 bits per heavy atom. The first-order chi connectivity index (χ1) is 18.8. The Morgan fingerprint density at radius 1 is 1.07 bits per heavy atom. The van der Waals surface area contributed by atoms with Crippen molar-refractivity contribution in [2.45, 2.75) is 43.2 Å². The van der Waals surface area contributed by atoms with E-state index in [1.54, 1.807) is 0 Å². The fraction of sp³-hybridized carbons (Fsp3) is 0.333. The van der Waals surface area contributed by atoms with E-state index in [4.69, 9.17) is 5.73 Å². The lowest BCUT2D eigenvalue weighted by Crippen LogP contribution is -2.38. The van der Waals surface area contributed by atoms with Gasteiger partial charge in [-0.15, -0.1) is 0 Å². The van der Waals surface area contributed by atoms with Crippen molar-refractivity contribution >= 4 is 23.2 Å². The van der Waals surface area contributed by atoms with E-state index in [1.165, 1.54) is 12.3 Å². The number of benzene rings is 1. The molecule has 3 aromatic heterocycles. The molecule has 0 bridgehead atoms. The number of nitrogens with one attached hydrogen (secondary N) is 1. The molecule has 1 atom stereocenters. The van der Waals surface area contributed by atoms with E-state index in [-0.39, 0.29) is 51.5 Å². The number of hydrogen-bond acceptors (Lipinski definition) is 7. The van der Waals surface area contributed by atoms with Gasteiger partial charge in [0.2, 0.25) is 5.91 Å². The van der Waals surface area contributed by atoms with Gasteiger partial charge >= 0.3 is 12.1 Å². The van der Waals surface area contributed by atoms with E-state index in [9.17, 15) is 35.5 Å². The zero-order valence-corrected chi connectivity index (χ0v) is 20.1. The molecular weight excluding hydrogens is 549 g/mol. The summed E-state index contributed by atoms with van der Waals surface area (Å²) in [5.74, 6) is -8.45. The summed E-state index contributed by atoms with van der Waals surface area (Å²) in [7, 11) is 0. The maximum Gasteiger partial charge on any atom is 0.453 e. The molecule has 208 valence electrons. The number of alkyl halides is 5. The van der Waals surface area contributed by atoms with E-state index in [1.807, 2.05) is 0 Å². The molecule has 1 unspecified atom stereocenters. The summed E-state index contributed by atoms with van der Waals surface area (Å²) >= 11 is 0. The van der Waals surface area contributed by atoms with Crippen LogP contribution in [0.2, 0.25) is 0 Å². The van der Waals surface area contributed by atoms with Crippen LogP contribution in [-0.2, 0) is 16.6 Å². The lowest BCUT2D eigenvalue weighted by atomic mass is 9.71. The number of hydrogen-bond donors (Lipinski definition) is 2. The Hall–Kier alpha value is -4.37. The first-order valence-corrected chi connectivity index (χ1v) is 11.9. The summed E-state index contributed by atoms with van der Waals surface area (Å²) in [4.78, 5) is 30.1. The highest BCUT2D eigenvalue weighted by Crippen LogP contribution is 2.57. The van der Waals surface area contributed by atoms with Crippen molar-refractivity contribution in [3.8, 4) is 11.5 Å². The smallest absolute Gasteiger partial charge is 0.383 e. The van der Waals surface area contributed by atoms with Crippen molar-refractivity contribution in [1.82, 2.24) is 29.5 Å². The van der Waals surface area contributed by atoms with Crippen LogP contribution in [0.25, 0.3) is 17.2 Å². The second-order valence-electron chi connectivity index (χ2n) is 9.62. The first-order valence-electron chi connectivity index (χ1n) is 11.9. The number of rotatable bonds is 6. The van der Waals surface area contributed by atoms with Crippen LogP contribution in [0.3, 0.4) is 0 Å². The molecule has 1 amide bonds. The predicted octanol–water partition coefficient (Wildman–Crippen LogP) is 4.22. The maximum atomic E-state index is 14.2. The fourth-order valence-corrected chi connectivity index (χ4v) is 5.13. The Labute approximate surface area is 219 Å². The van der Waals surface area contributed by atoms with Gasteiger partial charge in [0.1, 0.15) is 29.1 Å². The minimum atomic E-state index is -5.74. The molecule has 0 spiro atoms. The largest absolute Gasteiger partial charge is 0.453 e. The minimum Gasteiger partial charge on any atom is -0.383 e. The molecule has 1 fully saturated rings. The normalized spacial score (nSPS) is 19.2. The summed E-state index contributed by atoms with van der Waals surface area (Å²) in [5, 5.41) is 6.54. The molecule has 2 aliphatic rings. The average molecular weight is 566 g/mol. The van der Waals surface area contributed by atoms with E-state index in [2.05, 4.69) is 30.4 Å². The van der Waals surface area contributed by atoms with Crippen molar-refractivity contribution in [2.24, 2.45) is 5.92 Å². The Bertz CT molecular complexity index is 1680. The summed E-state index contributed by atoms with van der Waals surface area (Å²) in [6.07, 6.45) is -4.60. The fourth-order valence-electron chi connectivity index (χ4n) is 5.13. The highest BCUT2D eigenvalue weighted by molar-refractivity contribution is 6.10. The highest BCUT2D eigenvalue weighted by Gasteiger charge is 2.60. The zero-order valence-electron chi connectivity index (χ0n) is 20.1. The lowest BCUT2D eigenvalue weighted by Gasteiger charge is -2.28. The van der Waals surface area contributed by atoms with Gasteiger partial charge in [0, 0.05) is 6.42 Å². The molecule has 4 heterocycles. The van der Waals surface area contributed by atoms with E-state index in [0.717, 1.165) is 23.0 Å². The molecule has 0 radical (unpaired) electrons. The van der Waals surface area contributed by atoms with Crippen LogP contribution in [0.4, 0.5) is 42.4 Å². The average Bonchev–Trinajstić information content (AvgIpc) is 3.53. The Balaban J connectivity index is 1.44. The predicted molar refractivity (Wildman–Crippen MR) is 124 cm³/mol. The second kappa shape index (κ2) is 8.56. The molecule has 16 heteroatoms. The van der Waals surface area contributed by atoms with Gasteiger partial charge < -0.3 is 11.1 Å². The van der Waals surface area contributed by atoms with Crippen LogP contribution in [0, 0.1) is 17.6 Å². The SMILES string of the molecule is Nc1nc(-c2cn3ncnc3c(CCC(F)(F)C(F)(F)F)n2)nc2c1C(c1ccc(F)c(F)c1)(C1CC1)C(=O)N2. The number of nitrogens with two attached hydrogens (primary N) is 1. The highest BCUT2D eigenvalue weighted by atomic mass is 19.4. The number of halogens is 7. The third kappa shape index (κ3) is 3.83. The Kier molecular flexibility index (Phi) is 5.54. The van der Waals surface area contributed by atoms with E-state index >= 15 is 0 Å². The second-order valence-corrected chi connectivity index (χ2v) is 9.62. The van der Waals surface area contributed by atoms with Crippen LogP contribution < -0.4 is 11.1 Å². The van der Waals surface area contributed by atoms with E-state index < -0.39 is 47.9 Å². The molecule has 6 rings (SSSR count). The number of fused-ring (bicyclic) bond motifs is 2. The number of carbonyl (C=O) groups excluding carboxylic acids is 1. The topological polar surface area (TPSA) is 124 Å². The van der Waals surface area contributed by atoms with Crippen molar-refractivity contribution in [2.75, 3.05) is 11.1 Å². The minimum absolute atomic E-state index is 0.0187. The number of aryl methyl sites for hydroxylation is 1. The molecule has 1 aliphatic heterocycles. The maximum absolute atomic E-state index is 14.2. The van der Waals surface area contributed by atoms with Gasteiger partial charge in [-0.25, -0.2) is 33.2 Å². The lowest BCUT2D eigenvalue weighted by molar-refractivity contribution is -0.284. The molecule has 1 aromatic carbocycles. The van der Waals surface area contributed by atoms with Crippen molar-refractivity contribution in [3.05, 3.63) is 59.2 Å². The summed E-state index contributed by atoms with van der Waals surface area (Å²) in [6.45, 7) is 0. The van der Waals surface area contributed by atoms with Crippen molar-refractivity contribution in [1.29, 1.82) is 0 Å². The number of aromatic nitrogens is 6. The van der Waals surface area contributed by atoms with Gasteiger partial charge in [-0.2, -0.15) is 27.1 Å². The van der Waals surface area contributed by atoms with Crippen LogP contribution in [-0.4, -0.2) is 47.6 Å². The molecular formula is C24H17F7N8O. The van der Waals surface area contributed by atoms with Crippen LogP contribution >= 0.6 is 0 Å². The number of carbonyl (C=O) groups is 1. The quantitative estimate of drug-likeness (QED) is 0.335. The number of nitrogen functional groups attached to an aromatic ring is 1. The molecule has 1 aliphatic carbocycles. The van der Waals surface area contributed by atoms with Crippen LogP contribution in [0.15, 0.2) is 30.7 Å². The molecule has 4 aromatic rings. The molecule has 9 nitrogen and oxygen atoms in total. The first kappa shape index (κ1) is 25.9. The van der Waals surface area contributed by atoms with Gasteiger partial charge in [-0.05, 0) is 42.9 Å². The number of nitrogens with zero attached hydrogens (tertiary/aromatic N) is 6. The van der Waals surface area contributed by atoms with Gasteiger partial charge in [0.25, 0.3) is 0 Å². The number of amides is 1. The van der Waals surface area contributed by atoms with Gasteiger partial charge in [0.05, 0.1) is 17.5 Å². The van der Waals surface area contributed by atoms with Crippen molar-refractivity contribution in [3.63, 3.8) is 0 Å². The summed E-state index contributed by atoms with van der Waals surface area (Å²) < 4.78 is 94.4. The standard InChI is InChI=1S/C24H17F7N8O/c25-12-4-3-11(7-13(12)26)23(10-1-2-10)16-17(32)36-18(37-19(16)38-21(23)40)15-8-39-20(33-9-34-39)14(35-15)5-6-22(27,28)24(29,30)31/h3-4,7-10H,1-2,5-6H2,(H3,32,36,37,38,40). The zero-order chi connectivity index (χ0) is 28.6. The molecule has 40 heavy (non-hydrogen) atoms. The molecule has 0 saturated heterocycles. The molecule has 1 saturated carbocycles. The number of anilines is 2. The molecule has 3 N–H and O–H groups in total. The van der Waals surface area contributed by atoms with Gasteiger partial charge in [-0.1, -0.05) is 6.07 Å². The summed E-state index contributed by atoms with van der Waals surface area (Å²) in [5.41, 5.74) is 4.81. The van der Waals surface area contributed by atoms with Crippen LogP contribution in [0.1, 0.15) is 36.1 Å². The Morgan fingerprint density at radius 3 is 2.50 bits per heavy atom. The summed E-state index contributed by atoms with van der Waals surface area (Å²) in [6, 6.07) is 3.13. The van der Waals surface area contributed by atoms with E-state index in [0.29, 0.717) is 12.8 Å². The van der Waals surface area contributed by atoms with Crippen LogP contribution in [0.5, 0.6) is 0 Å². The van der Waals surface area contributed by atoms with Gasteiger partial charge in [0.15, 0.2) is 23.1 Å².